The van der Waals surface area contributed by atoms with Gasteiger partial charge in [-0.2, -0.15) is 13.2 Å². The molecule has 120 valence electrons. The summed E-state index contributed by atoms with van der Waals surface area (Å²) < 4.78 is 65.1. The molecule has 0 spiro atoms. The van der Waals surface area contributed by atoms with Gasteiger partial charge in [-0.1, -0.05) is 0 Å². The standard InChI is InChI=1S/C10H13F3N2O5S/c1-15(2)21(18,19)8-4-3-6(20-8)9(17)14-5-7(16)10(11,12)13/h3-4,7,16H,5H2,1-2H3,(H,14,17). The van der Waals surface area contributed by atoms with Gasteiger partial charge in [0.05, 0.1) is 6.54 Å². The van der Waals surface area contributed by atoms with E-state index in [0.29, 0.717) is 0 Å². The molecule has 21 heavy (non-hydrogen) atoms. The van der Waals surface area contributed by atoms with E-state index in [1.165, 1.54) is 14.1 Å². The van der Waals surface area contributed by atoms with E-state index < -0.39 is 45.6 Å². The number of carbonyl (C=O) groups excluding carboxylic acids is 1. The second kappa shape index (κ2) is 6.03. The zero-order valence-electron chi connectivity index (χ0n) is 11.0. The zero-order valence-corrected chi connectivity index (χ0v) is 11.8. The van der Waals surface area contributed by atoms with Crippen molar-refractivity contribution in [3.05, 3.63) is 17.9 Å². The lowest BCUT2D eigenvalue weighted by Gasteiger charge is -2.14. The third kappa shape index (κ3) is 4.19. The van der Waals surface area contributed by atoms with Crippen molar-refractivity contribution in [1.29, 1.82) is 0 Å². The molecular formula is C10H13F3N2O5S. The molecule has 0 aromatic carbocycles. The normalized spacial score (nSPS) is 14.2. The van der Waals surface area contributed by atoms with Crippen LogP contribution in [0.25, 0.3) is 0 Å². The second-order valence-corrected chi connectivity index (χ2v) is 6.26. The molecule has 1 aromatic rings. The summed E-state index contributed by atoms with van der Waals surface area (Å²) in [6, 6.07) is 2.01. The van der Waals surface area contributed by atoms with Gasteiger partial charge in [0, 0.05) is 14.1 Å². The fourth-order valence-electron chi connectivity index (χ4n) is 1.15. The van der Waals surface area contributed by atoms with Crippen molar-refractivity contribution >= 4 is 15.9 Å². The maximum Gasteiger partial charge on any atom is 0.416 e. The molecule has 1 amide bonds. The fraction of sp³-hybridized carbons (Fsp3) is 0.500. The van der Waals surface area contributed by atoms with Crippen LogP contribution in [0.4, 0.5) is 13.2 Å². The van der Waals surface area contributed by atoms with E-state index in [0.717, 1.165) is 16.4 Å². The Labute approximate surface area is 118 Å². The monoisotopic (exact) mass is 330 g/mol. The number of alkyl halides is 3. The van der Waals surface area contributed by atoms with Crippen molar-refractivity contribution in [1.82, 2.24) is 9.62 Å². The summed E-state index contributed by atoms with van der Waals surface area (Å²) in [5.74, 6) is -1.55. The first-order valence-electron chi connectivity index (χ1n) is 5.51. The maximum absolute atomic E-state index is 12.0. The van der Waals surface area contributed by atoms with Crippen molar-refractivity contribution < 1.29 is 35.9 Å². The highest BCUT2D eigenvalue weighted by molar-refractivity contribution is 7.88. The van der Waals surface area contributed by atoms with E-state index in [1.54, 1.807) is 5.32 Å². The van der Waals surface area contributed by atoms with E-state index >= 15 is 0 Å². The summed E-state index contributed by atoms with van der Waals surface area (Å²) in [6.07, 6.45) is -7.59. The first-order chi connectivity index (χ1) is 9.46. The highest BCUT2D eigenvalue weighted by Crippen LogP contribution is 2.20. The molecule has 0 saturated carbocycles. The number of amides is 1. The van der Waals surface area contributed by atoms with Gasteiger partial charge in [0.25, 0.3) is 15.9 Å². The van der Waals surface area contributed by atoms with E-state index in [2.05, 4.69) is 0 Å². The summed E-state index contributed by atoms with van der Waals surface area (Å²) >= 11 is 0. The van der Waals surface area contributed by atoms with Crippen LogP contribution in [0.5, 0.6) is 0 Å². The number of carbonyl (C=O) groups is 1. The Morgan fingerprint density at radius 1 is 1.43 bits per heavy atom. The Hall–Kier alpha value is -1.59. The SMILES string of the molecule is CN(C)S(=O)(=O)c1ccc(C(=O)NCC(O)C(F)(F)F)o1. The van der Waals surface area contributed by atoms with Crippen LogP contribution in [0.2, 0.25) is 0 Å². The summed E-state index contributed by atoms with van der Waals surface area (Å²) in [5, 5.41) is 9.98. The molecular weight excluding hydrogens is 317 g/mol. The molecule has 0 saturated heterocycles. The quantitative estimate of drug-likeness (QED) is 0.802. The molecule has 0 aliphatic rings. The van der Waals surface area contributed by atoms with Crippen LogP contribution < -0.4 is 5.32 Å². The van der Waals surface area contributed by atoms with Gasteiger partial charge in [-0.15, -0.1) is 0 Å². The minimum Gasteiger partial charge on any atom is -0.438 e. The van der Waals surface area contributed by atoms with Crippen LogP contribution in [-0.4, -0.2) is 56.7 Å². The average Bonchev–Trinajstić information content (AvgIpc) is 2.84. The Balaban J connectivity index is 2.76. The van der Waals surface area contributed by atoms with Crippen LogP contribution in [0.15, 0.2) is 21.6 Å². The topological polar surface area (TPSA) is 99.9 Å². The van der Waals surface area contributed by atoms with Crippen molar-refractivity contribution in [2.75, 3.05) is 20.6 Å². The number of sulfonamides is 1. The molecule has 0 aliphatic heterocycles. The van der Waals surface area contributed by atoms with Gasteiger partial charge in [0.15, 0.2) is 11.9 Å². The molecule has 1 atom stereocenters. The molecule has 0 radical (unpaired) electrons. The van der Waals surface area contributed by atoms with Gasteiger partial charge in [0.2, 0.25) is 5.09 Å². The number of halogens is 3. The summed E-state index contributed by atoms with van der Waals surface area (Å²) in [5.41, 5.74) is 0. The van der Waals surface area contributed by atoms with Crippen LogP contribution in [0.3, 0.4) is 0 Å². The number of rotatable bonds is 5. The molecule has 1 heterocycles. The Morgan fingerprint density at radius 2 is 2.00 bits per heavy atom. The largest absolute Gasteiger partial charge is 0.438 e. The van der Waals surface area contributed by atoms with Gasteiger partial charge in [-0.3, -0.25) is 4.79 Å². The van der Waals surface area contributed by atoms with Crippen LogP contribution in [0.1, 0.15) is 10.6 Å². The summed E-state index contributed by atoms with van der Waals surface area (Å²) in [6.45, 7) is -1.07. The van der Waals surface area contributed by atoms with Crippen LogP contribution in [0, 0.1) is 0 Å². The van der Waals surface area contributed by atoms with Crippen LogP contribution >= 0.6 is 0 Å². The third-order valence-electron chi connectivity index (χ3n) is 2.37. The van der Waals surface area contributed by atoms with Crippen molar-refractivity contribution in [2.45, 2.75) is 17.4 Å². The predicted molar refractivity (Wildman–Crippen MR) is 64.0 cm³/mol. The lowest BCUT2D eigenvalue weighted by molar-refractivity contribution is -0.201. The lowest BCUT2D eigenvalue weighted by Crippen LogP contribution is -2.40. The molecule has 0 bridgehead atoms. The van der Waals surface area contributed by atoms with Crippen molar-refractivity contribution in [3.8, 4) is 0 Å². The fourth-order valence-corrected chi connectivity index (χ4v) is 1.95. The first-order valence-corrected chi connectivity index (χ1v) is 6.95. The van der Waals surface area contributed by atoms with E-state index in [-0.39, 0.29) is 0 Å². The number of furan rings is 1. The molecule has 0 fully saturated rings. The lowest BCUT2D eigenvalue weighted by atomic mass is 10.3. The van der Waals surface area contributed by atoms with Gasteiger partial charge in [0.1, 0.15) is 0 Å². The minimum atomic E-state index is -4.87. The minimum absolute atomic E-state index is 0.482. The van der Waals surface area contributed by atoms with Crippen LogP contribution in [-0.2, 0) is 10.0 Å². The van der Waals surface area contributed by atoms with Gasteiger partial charge < -0.3 is 14.8 Å². The maximum atomic E-state index is 12.0. The number of hydrogen-bond acceptors (Lipinski definition) is 5. The Kier molecular flexibility index (Phi) is 5.02. The number of hydrogen-bond donors (Lipinski definition) is 2. The molecule has 11 heteroatoms. The molecule has 2 N–H and O–H groups in total. The molecule has 1 rings (SSSR count). The third-order valence-corrected chi connectivity index (χ3v) is 4.06. The molecule has 1 unspecified atom stereocenters. The highest BCUT2D eigenvalue weighted by Gasteiger charge is 2.38. The van der Waals surface area contributed by atoms with E-state index in [9.17, 15) is 26.4 Å². The number of aliphatic hydroxyl groups is 1. The number of aliphatic hydroxyl groups excluding tert-OH is 1. The second-order valence-electron chi connectivity index (χ2n) is 4.17. The van der Waals surface area contributed by atoms with E-state index in [1.807, 2.05) is 0 Å². The predicted octanol–water partition coefficient (Wildman–Crippen LogP) is 0.183. The number of nitrogens with zero attached hydrogens (tertiary/aromatic N) is 1. The number of nitrogens with one attached hydrogen (secondary N) is 1. The summed E-state index contributed by atoms with van der Waals surface area (Å²) in [4.78, 5) is 11.5. The van der Waals surface area contributed by atoms with Gasteiger partial charge in [-0.05, 0) is 12.1 Å². The van der Waals surface area contributed by atoms with Gasteiger partial charge in [-0.25, -0.2) is 12.7 Å². The smallest absolute Gasteiger partial charge is 0.416 e. The summed E-state index contributed by atoms with van der Waals surface area (Å²) in [7, 11) is -1.39. The van der Waals surface area contributed by atoms with Gasteiger partial charge >= 0.3 is 6.18 Å². The van der Waals surface area contributed by atoms with Crippen molar-refractivity contribution in [3.63, 3.8) is 0 Å². The van der Waals surface area contributed by atoms with E-state index in [4.69, 9.17) is 9.52 Å². The van der Waals surface area contributed by atoms with Crippen molar-refractivity contribution in [2.24, 2.45) is 0 Å². The Bertz CT molecular complexity index is 608. The molecule has 7 nitrogen and oxygen atoms in total. The average molecular weight is 330 g/mol. The highest BCUT2D eigenvalue weighted by atomic mass is 32.2. The Morgan fingerprint density at radius 3 is 2.48 bits per heavy atom. The zero-order chi connectivity index (χ0) is 16.4. The molecule has 0 aliphatic carbocycles. The first kappa shape index (κ1) is 17.5. The molecule has 1 aromatic heterocycles.